The quantitative estimate of drug-likeness (QED) is 0.754. The molecule has 0 amide bonds. The van der Waals surface area contributed by atoms with Crippen LogP contribution in [0.25, 0.3) is 0 Å². The molecule has 0 unspecified atom stereocenters. The molecule has 1 aromatic carbocycles. The monoisotopic (exact) mass is 248 g/mol. The normalized spacial score (nSPS) is 10.9. The van der Waals surface area contributed by atoms with Crippen LogP contribution in [0, 0.1) is 12.3 Å². The first-order valence-corrected chi connectivity index (χ1v) is 5.99. The van der Waals surface area contributed by atoms with E-state index in [0.717, 1.165) is 0 Å². The lowest BCUT2D eigenvalue weighted by atomic mass is 10.4. The second-order valence-corrected chi connectivity index (χ2v) is 5.34. The number of hydrogen-bond donors (Lipinski definition) is 0. The number of rotatable bonds is 2. The van der Waals surface area contributed by atoms with Gasteiger partial charge in [0.1, 0.15) is 5.75 Å². The average molecular weight is 249 g/mol. The first-order chi connectivity index (χ1) is 6.47. The highest BCUT2D eigenvalue weighted by Crippen LogP contribution is 2.25. The Morgan fingerprint density at radius 2 is 1.93 bits per heavy atom. The van der Waals surface area contributed by atoms with Gasteiger partial charge in [0.05, 0.1) is 14.9 Å². The summed E-state index contributed by atoms with van der Waals surface area (Å²) in [7, 11) is -3.43. The smallest absolute Gasteiger partial charge is 0.189 e. The van der Waals surface area contributed by atoms with E-state index in [1.165, 1.54) is 18.2 Å². The lowest BCUT2D eigenvalue weighted by molar-refractivity contribution is 0.599. The summed E-state index contributed by atoms with van der Waals surface area (Å²) in [6.45, 7) is 0. The van der Waals surface area contributed by atoms with Crippen molar-refractivity contribution in [3.8, 4) is 12.3 Å². The molecule has 74 valence electrons. The Morgan fingerprint density at radius 1 is 1.29 bits per heavy atom. The summed E-state index contributed by atoms with van der Waals surface area (Å²) in [6.07, 6.45) is 4.93. The van der Waals surface area contributed by atoms with Crippen molar-refractivity contribution in [2.75, 3.05) is 5.75 Å². The van der Waals surface area contributed by atoms with E-state index in [-0.39, 0.29) is 15.7 Å². The van der Waals surface area contributed by atoms with E-state index < -0.39 is 9.84 Å². The van der Waals surface area contributed by atoms with Gasteiger partial charge in [-0.2, -0.15) is 0 Å². The SMILES string of the molecule is C#CCS(=O)(=O)c1ccc(Cl)c(Cl)c1. The topological polar surface area (TPSA) is 34.1 Å². The minimum atomic E-state index is -3.43. The molecule has 0 fully saturated rings. The molecule has 14 heavy (non-hydrogen) atoms. The highest BCUT2D eigenvalue weighted by molar-refractivity contribution is 7.91. The number of terminal acetylenes is 1. The molecule has 5 heteroatoms. The Kier molecular flexibility index (Phi) is 3.43. The van der Waals surface area contributed by atoms with E-state index in [9.17, 15) is 8.42 Å². The van der Waals surface area contributed by atoms with E-state index in [2.05, 4.69) is 5.92 Å². The Hall–Kier alpha value is -0.690. The number of sulfone groups is 1. The molecule has 1 rings (SSSR count). The Labute approximate surface area is 92.8 Å². The Morgan fingerprint density at radius 3 is 2.43 bits per heavy atom. The van der Waals surface area contributed by atoms with Gasteiger partial charge < -0.3 is 0 Å². The van der Waals surface area contributed by atoms with E-state index in [4.69, 9.17) is 29.6 Å². The van der Waals surface area contributed by atoms with Gasteiger partial charge in [-0.25, -0.2) is 8.42 Å². The van der Waals surface area contributed by atoms with Crippen molar-refractivity contribution >= 4 is 33.0 Å². The number of hydrogen-bond acceptors (Lipinski definition) is 2. The second-order valence-electron chi connectivity index (χ2n) is 2.54. The van der Waals surface area contributed by atoms with Crippen LogP contribution in [-0.2, 0) is 9.84 Å². The van der Waals surface area contributed by atoms with Crippen LogP contribution >= 0.6 is 23.2 Å². The maximum Gasteiger partial charge on any atom is 0.189 e. The van der Waals surface area contributed by atoms with Crippen molar-refractivity contribution in [1.29, 1.82) is 0 Å². The van der Waals surface area contributed by atoms with Gasteiger partial charge in [0, 0.05) is 0 Å². The van der Waals surface area contributed by atoms with E-state index >= 15 is 0 Å². The van der Waals surface area contributed by atoms with Crippen LogP contribution in [-0.4, -0.2) is 14.2 Å². The van der Waals surface area contributed by atoms with Crippen molar-refractivity contribution < 1.29 is 8.42 Å². The third kappa shape index (κ3) is 2.42. The van der Waals surface area contributed by atoms with Crippen LogP contribution in [0.4, 0.5) is 0 Å². The maximum atomic E-state index is 11.5. The van der Waals surface area contributed by atoms with Crippen molar-refractivity contribution in [2.24, 2.45) is 0 Å². The van der Waals surface area contributed by atoms with Crippen LogP contribution in [0.5, 0.6) is 0 Å². The van der Waals surface area contributed by atoms with Gasteiger partial charge in [-0.1, -0.05) is 29.1 Å². The first kappa shape index (κ1) is 11.4. The third-order valence-electron chi connectivity index (χ3n) is 1.52. The van der Waals surface area contributed by atoms with Gasteiger partial charge in [-0.3, -0.25) is 0 Å². The highest BCUT2D eigenvalue weighted by Gasteiger charge is 2.13. The molecule has 0 aliphatic rings. The molecule has 0 spiro atoms. The summed E-state index contributed by atoms with van der Waals surface area (Å²) in [5.41, 5.74) is 0. The molecular formula is C9H6Cl2O2S. The van der Waals surface area contributed by atoms with Crippen LogP contribution in [0.2, 0.25) is 10.0 Å². The van der Waals surface area contributed by atoms with Crippen molar-refractivity contribution in [3.05, 3.63) is 28.2 Å². The van der Waals surface area contributed by atoms with E-state index in [1.807, 2.05) is 0 Å². The summed E-state index contributed by atoms with van der Waals surface area (Å²) in [5.74, 6) is 1.73. The highest BCUT2D eigenvalue weighted by atomic mass is 35.5. The number of benzene rings is 1. The summed E-state index contributed by atoms with van der Waals surface area (Å²) < 4.78 is 22.9. The Balaban J connectivity index is 3.23. The zero-order valence-electron chi connectivity index (χ0n) is 7.00. The van der Waals surface area contributed by atoms with Crippen molar-refractivity contribution in [2.45, 2.75) is 4.90 Å². The summed E-state index contributed by atoms with van der Waals surface area (Å²) in [5, 5.41) is 0.510. The van der Waals surface area contributed by atoms with Crippen LogP contribution in [0.15, 0.2) is 23.1 Å². The Bertz CT molecular complexity index is 486. The molecule has 0 bridgehead atoms. The zero-order valence-corrected chi connectivity index (χ0v) is 9.33. The van der Waals surface area contributed by atoms with Gasteiger partial charge in [0.15, 0.2) is 9.84 Å². The minimum Gasteiger partial charge on any atom is -0.223 e. The molecule has 2 nitrogen and oxygen atoms in total. The zero-order chi connectivity index (χ0) is 10.8. The fourth-order valence-electron chi connectivity index (χ4n) is 0.863. The second kappa shape index (κ2) is 4.22. The van der Waals surface area contributed by atoms with Crippen LogP contribution < -0.4 is 0 Å². The standard InChI is InChI=1S/C9H6Cl2O2S/c1-2-5-14(12,13)7-3-4-8(10)9(11)6-7/h1,3-4,6H,5H2. The van der Waals surface area contributed by atoms with Crippen LogP contribution in [0.3, 0.4) is 0 Å². The minimum absolute atomic E-state index is 0.0878. The van der Waals surface area contributed by atoms with Gasteiger partial charge in [0.25, 0.3) is 0 Å². The van der Waals surface area contributed by atoms with Gasteiger partial charge in [-0.15, -0.1) is 6.42 Å². The molecule has 1 aromatic rings. The molecule has 0 saturated heterocycles. The lowest BCUT2D eigenvalue weighted by Crippen LogP contribution is -2.04. The molecule has 0 heterocycles. The van der Waals surface area contributed by atoms with Crippen LogP contribution in [0.1, 0.15) is 0 Å². The van der Waals surface area contributed by atoms with Gasteiger partial charge in [-0.05, 0) is 18.2 Å². The molecule has 0 saturated carbocycles. The summed E-state index contributed by atoms with van der Waals surface area (Å²) in [6, 6.07) is 4.09. The molecular weight excluding hydrogens is 243 g/mol. The van der Waals surface area contributed by atoms with Crippen molar-refractivity contribution in [1.82, 2.24) is 0 Å². The maximum absolute atomic E-state index is 11.5. The first-order valence-electron chi connectivity index (χ1n) is 3.58. The lowest BCUT2D eigenvalue weighted by Gasteiger charge is -2.01. The summed E-state index contributed by atoms with van der Waals surface area (Å²) >= 11 is 11.3. The fraction of sp³-hybridized carbons (Fsp3) is 0.111. The van der Waals surface area contributed by atoms with Crippen molar-refractivity contribution in [3.63, 3.8) is 0 Å². The molecule has 0 aromatic heterocycles. The predicted octanol–water partition coefficient (Wildman–Crippen LogP) is 2.40. The molecule has 0 N–H and O–H groups in total. The van der Waals surface area contributed by atoms with E-state index in [0.29, 0.717) is 5.02 Å². The largest absolute Gasteiger partial charge is 0.223 e. The fourth-order valence-corrected chi connectivity index (χ4v) is 2.19. The summed E-state index contributed by atoms with van der Waals surface area (Å²) in [4.78, 5) is 0.0878. The third-order valence-corrected chi connectivity index (χ3v) is 3.78. The molecule has 0 atom stereocenters. The van der Waals surface area contributed by atoms with Gasteiger partial charge >= 0.3 is 0 Å². The van der Waals surface area contributed by atoms with E-state index in [1.54, 1.807) is 0 Å². The molecule has 0 aliphatic heterocycles. The number of halogens is 2. The van der Waals surface area contributed by atoms with Gasteiger partial charge in [0.2, 0.25) is 0 Å². The predicted molar refractivity (Wildman–Crippen MR) is 57.3 cm³/mol. The average Bonchev–Trinajstić information content (AvgIpc) is 2.09. The molecule has 0 aliphatic carbocycles. The molecule has 0 radical (unpaired) electrons.